The van der Waals surface area contributed by atoms with E-state index in [-0.39, 0.29) is 11.5 Å². The Bertz CT molecular complexity index is 850. The van der Waals surface area contributed by atoms with Gasteiger partial charge in [0.2, 0.25) is 0 Å². The van der Waals surface area contributed by atoms with Gasteiger partial charge in [-0.2, -0.15) is 0 Å². The molecule has 4 fully saturated rings. The van der Waals surface area contributed by atoms with E-state index in [2.05, 4.69) is 65.0 Å². The summed E-state index contributed by atoms with van der Waals surface area (Å²) < 4.78 is 6.44. The van der Waals surface area contributed by atoms with Gasteiger partial charge in [-0.05, 0) is 109 Å². The summed E-state index contributed by atoms with van der Waals surface area (Å²) >= 11 is 0. The molecule has 1 aromatic carbocycles. The van der Waals surface area contributed by atoms with E-state index in [1.165, 1.54) is 63.4 Å². The highest BCUT2D eigenvalue weighted by molar-refractivity contribution is 5.14. The number of aliphatic hydroxyl groups excluding tert-OH is 1. The Morgan fingerprint density at radius 1 is 0.944 bits per heavy atom. The summed E-state index contributed by atoms with van der Waals surface area (Å²) in [5, 5.41) is 11.9. The van der Waals surface area contributed by atoms with Gasteiger partial charge in [0.1, 0.15) is 0 Å². The lowest BCUT2D eigenvalue weighted by Crippen LogP contribution is -2.59. The van der Waals surface area contributed by atoms with Crippen LogP contribution in [0.2, 0.25) is 0 Å². The Labute approximate surface area is 222 Å². The van der Waals surface area contributed by atoms with E-state index < -0.39 is 0 Å². The van der Waals surface area contributed by atoms with Crippen molar-refractivity contribution in [2.45, 2.75) is 124 Å². The zero-order valence-corrected chi connectivity index (χ0v) is 23.9. The largest absolute Gasteiger partial charge is 0.393 e. The molecule has 36 heavy (non-hydrogen) atoms. The molecule has 0 heterocycles. The first kappa shape index (κ1) is 26.7. The van der Waals surface area contributed by atoms with Crippen LogP contribution in [0.5, 0.6) is 0 Å². The fourth-order valence-corrected chi connectivity index (χ4v) is 10.3. The average molecular weight is 495 g/mol. The van der Waals surface area contributed by atoms with Crippen molar-refractivity contribution in [1.29, 1.82) is 0 Å². The third kappa shape index (κ3) is 4.95. The first-order chi connectivity index (χ1) is 17.2. The molecule has 2 nitrogen and oxygen atoms in total. The molecule has 0 bridgehead atoms. The Morgan fingerprint density at radius 3 is 2.47 bits per heavy atom. The van der Waals surface area contributed by atoms with Gasteiger partial charge in [0.15, 0.2) is 0 Å². The molecule has 4 aliphatic rings. The van der Waals surface area contributed by atoms with Gasteiger partial charge in [0, 0.05) is 0 Å². The summed E-state index contributed by atoms with van der Waals surface area (Å²) in [6.45, 7) is 13.1. The molecule has 10 atom stereocenters. The number of hydrogen-bond acceptors (Lipinski definition) is 2. The lowest BCUT2D eigenvalue weighted by atomic mass is 9.43. The predicted molar refractivity (Wildman–Crippen MR) is 149 cm³/mol. The van der Waals surface area contributed by atoms with Crippen molar-refractivity contribution in [2.24, 2.45) is 52.3 Å². The number of benzene rings is 1. The van der Waals surface area contributed by atoms with Crippen LogP contribution in [-0.2, 0) is 11.3 Å². The van der Waals surface area contributed by atoms with Crippen LogP contribution in [-0.4, -0.2) is 17.3 Å². The van der Waals surface area contributed by atoms with Crippen LogP contribution in [0.3, 0.4) is 0 Å². The van der Waals surface area contributed by atoms with Crippen molar-refractivity contribution in [3.8, 4) is 0 Å². The molecule has 0 unspecified atom stereocenters. The first-order valence-corrected chi connectivity index (χ1v) is 15.6. The van der Waals surface area contributed by atoms with Crippen molar-refractivity contribution >= 4 is 0 Å². The maximum atomic E-state index is 11.9. The van der Waals surface area contributed by atoms with E-state index >= 15 is 0 Å². The van der Waals surface area contributed by atoms with Gasteiger partial charge in [0.25, 0.3) is 0 Å². The van der Waals surface area contributed by atoms with Crippen LogP contribution in [0.25, 0.3) is 0 Å². The molecule has 1 aromatic rings. The number of rotatable bonds is 8. The van der Waals surface area contributed by atoms with E-state index in [9.17, 15) is 5.11 Å². The van der Waals surface area contributed by atoms with E-state index in [0.717, 1.165) is 49.0 Å². The van der Waals surface area contributed by atoms with E-state index in [4.69, 9.17) is 4.74 Å². The van der Waals surface area contributed by atoms with Crippen LogP contribution in [0.15, 0.2) is 30.3 Å². The molecular weight excluding hydrogens is 440 g/mol. The molecule has 0 amide bonds. The molecule has 4 aliphatic carbocycles. The van der Waals surface area contributed by atoms with E-state index in [1.54, 1.807) is 0 Å². The number of fused-ring (bicyclic) bond motifs is 5. The topological polar surface area (TPSA) is 29.5 Å². The quantitative estimate of drug-likeness (QED) is 0.392. The van der Waals surface area contributed by atoms with Gasteiger partial charge < -0.3 is 9.84 Å². The second-order valence-corrected chi connectivity index (χ2v) is 14.5. The first-order valence-electron chi connectivity index (χ1n) is 15.6. The smallest absolute Gasteiger partial charge is 0.0720 e. The maximum absolute atomic E-state index is 11.9. The molecule has 0 radical (unpaired) electrons. The van der Waals surface area contributed by atoms with Crippen LogP contribution >= 0.6 is 0 Å². The number of hydrogen-bond donors (Lipinski definition) is 1. The van der Waals surface area contributed by atoms with Crippen LogP contribution < -0.4 is 0 Å². The molecule has 202 valence electrons. The van der Waals surface area contributed by atoms with Gasteiger partial charge in [0.05, 0.1) is 18.8 Å². The second kappa shape index (κ2) is 10.7. The molecular formula is C34H54O2. The summed E-state index contributed by atoms with van der Waals surface area (Å²) in [4.78, 5) is 0. The lowest BCUT2D eigenvalue weighted by Gasteiger charge is -2.62. The molecule has 4 saturated carbocycles. The number of ether oxygens (including phenoxy) is 1. The van der Waals surface area contributed by atoms with Gasteiger partial charge in [-0.15, -0.1) is 0 Å². The Hall–Kier alpha value is -0.860. The third-order valence-corrected chi connectivity index (χ3v) is 12.1. The summed E-state index contributed by atoms with van der Waals surface area (Å²) in [7, 11) is 0. The monoisotopic (exact) mass is 494 g/mol. The second-order valence-electron chi connectivity index (χ2n) is 14.5. The Balaban J connectivity index is 1.24. The van der Waals surface area contributed by atoms with Gasteiger partial charge >= 0.3 is 0 Å². The standard InChI is InChI=1S/C34H54O2/c1-23(2)10-9-11-24(3)29-16-17-30-28-15-14-26-20-27(36-22-25-12-7-6-8-13-25)18-19-33(26,4)32(28)31(35)21-34(29,30)5/h6-8,12-13,23-24,26-32,35H,9-11,14-22H2,1-5H3/t24-,26+,27-,28+,29-,30+,31-,32-,33+,34-/m1/s1. The highest BCUT2D eigenvalue weighted by atomic mass is 16.5. The predicted octanol–water partition coefficient (Wildman–Crippen LogP) is 8.66. The SMILES string of the molecule is CC(C)CCC[C@@H](C)[C@H]1CC[C@H]2[C@@H]3CC[C@H]4C[C@H](OCc5ccccc5)CC[C@]4(C)[C@H]3[C@H](O)C[C@]12C. The van der Waals surface area contributed by atoms with Crippen molar-refractivity contribution in [1.82, 2.24) is 0 Å². The fraction of sp³-hybridized carbons (Fsp3) is 0.824. The molecule has 5 rings (SSSR count). The lowest BCUT2D eigenvalue weighted by molar-refractivity contribution is -0.183. The summed E-state index contributed by atoms with van der Waals surface area (Å²) in [5.74, 6) is 5.18. The molecule has 0 aliphatic heterocycles. The molecule has 0 saturated heterocycles. The van der Waals surface area contributed by atoms with Crippen molar-refractivity contribution < 1.29 is 9.84 Å². The molecule has 1 N–H and O–H groups in total. The summed E-state index contributed by atoms with van der Waals surface area (Å²) in [6, 6.07) is 10.6. The molecule has 0 aromatic heterocycles. The van der Waals surface area contributed by atoms with E-state index in [1.807, 2.05) is 0 Å². The highest BCUT2D eigenvalue weighted by Crippen LogP contribution is 2.68. The summed E-state index contributed by atoms with van der Waals surface area (Å²) in [6.07, 6.45) is 14.5. The Morgan fingerprint density at radius 2 is 1.72 bits per heavy atom. The zero-order chi connectivity index (χ0) is 25.5. The Kier molecular flexibility index (Phi) is 7.96. The van der Waals surface area contributed by atoms with Crippen molar-refractivity contribution in [2.75, 3.05) is 0 Å². The van der Waals surface area contributed by atoms with Gasteiger partial charge in [-0.25, -0.2) is 0 Å². The fourth-order valence-electron chi connectivity index (χ4n) is 10.3. The zero-order valence-electron chi connectivity index (χ0n) is 23.9. The minimum Gasteiger partial charge on any atom is -0.393 e. The van der Waals surface area contributed by atoms with Gasteiger partial charge in [-0.1, -0.05) is 84.2 Å². The van der Waals surface area contributed by atoms with Gasteiger partial charge in [-0.3, -0.25) is 0 Å². The van der Waals surface area contributed by atoms with Crippen molar-refractivity contribution in [3.05, 3.63) is 35.9 Å². The normalized spacial score (nSPS) is 43.0. The average Bonchev–Trinajstić information content (AvgIpc) is 3.19. The van der Waals surface area contributed by atoms with Crippen molar-refractivity contribution in [3.63, 3.8) is 0 Å². The van der Waals surface area contributed by atoms with Crippen LogP contribution in [0.4, 0.5) is 0 Å². The van der Waals surface area contributed by atoms with Crippen LogP contribution in [0, 0.1) is 52.3 Å². The summed E-state index contributed by atoms with van der Waals surface area (Å²) in [5.41, 5.74) is 1.92. The minimum atomic E-state index is -0.116. The van der Waals surface area contributed by atoms with Crippen LogP contribution in [0.1, 0.15) is 111 Å². The molecule has 0 spiro atoms. The highest BCUT2D eigenvalue weighted by Gasteiger charge is 2.63. The van der Waals surface area contributed by atoms with E-state index in [0.29, 0.717) is 23.4 Å². The maximum Gasteiger partial charge on any atom is 0.0720 e. The number of aliphatic hydroxyl groups is 1. The molecule has 2 heteroatoms. The minimum absolute atomic E-state index is 0.116. The third-order valence-electron chi connectivity index (χ3n) is 12.1.